The molecule has 0 radical (unpaired) electrons. The first-order valence-electron chi connectivity index (χ1n) is 5.55. The van der Waals surface area contributed by atoms with Crippen LogP contribution in [0.15, 0.2) is 24.3 Å². The summed E-state index contributed by atoms with van der Waals surface area (Å²) >= 11 is 0. The van der Waals surface area contributed by atoms with Crippen molar-refractivity contribution in [2.75, 3.05) is 31.6 Å². The number of anilines is 1. The molecule has 1 unspecified atom stereocenters. The molecule has 5 heteroatoms. The predicted molar refractivity (Wildman–Crippen MR) is 62.5 cm³/mol. The first-order chi connectivity index (χ1) is 8.20. The highest BCUT2D eigenvalue weighted by atomic mass is 19.1. The number of nitrogens with one attached hydrogen (secondary N) is 1. The van der Waals surface area contributed by atoms with Crippen molar-refractivity contribution in [2.24, 2.45) is 5.92 Å². The molecule has 0 spiro atoms. The molecule has 0 aliphatic carbocycles. The fourth-order valence-electron chi connectivity index (χ4n) is 1.90. The number of ether oxygens (including phenoxy) is 1. The van der Waals surface area contributed by atoms with E-state index in [2.05, 4.69) is 5.32 Å². The second-order valence-electron chi connectivity index (χ2n) is 4.09. The van der Waals surface area contributed by atoms with Crippen molar-refractivity contribution in [3.05, 3.63) is 30.1 Å². The van der Waals surface area contributed by atoms with Gasteiger partial charge in [0, 0.05) is 24.7 Å². The monoisotopic (exact) mass is 238 g/mol. The van der Waals surface area contributed by atoms with Gasteiger partial charge in [0.05, 0.1) is 6.61 Å². The van der Waals surface area contributed by atoms with Gasteiger partial charge in [-0.05, 0) is 31.3 Å². The molecular weight excluding hydrogens is 223 g/mol. The molecule has 1 aromatic carbocycles. The SMILES string of the molecule is CNCC1COC(=O)N(c2ccc(F)cc2)C1. The summed E-state index contributed by atoms with van der Waals surface area (Å²) in [6.45, 7) is 1.80. The summed E-state index contributed by atoms with van der Waals surface area (Å²) < 4.78 is 17.9. The molecule has 1 heterocycles. The van der Waals surface area contributed by atoms with E-state index >= 15 is 0 Å². The maximum atomic E-state index is 12.8. The number of amides is 1. The summed E-state index contributed by atoms with van der Waals surface area (Å²) in [5.74, 6) is -0.0614. The lowest BCUT2D eigenvalue weighted by atomic mass is 10.1. The Bertz CT molecular complexity index is 394. The molecular formula is C12H15FN2O2. The lowest BCUT2D eigenvalue weighted by molar-refractivity contribution is 0.115. The van der Waals surface area contributed by atoms with E-state index in [9.17, 15) is 9.18 Å². The van der Waals surface area contributed by atoms with E-state index in [1.54, 1.807) is 12.1 Å². The van der Waals surface area contributed by atoms with Crippen LogP contribution in [0.4, 0.5) is 14.9 Å². The maximum absolute atomic E-state index is 12.8. The van der Waals surface area contributed by atoms with Crippen LogP contribution in [-0.2, 0) is 4.74 Å². The molecule has 17 heavy (non-hydrogen) atoms. The maximum Gasteiger partial charge on any atom is 0.414 e. The molecule has 1 aromatic rings. The molecule has 1 N–H and O–H groups in total. The van der Waals surface area contributed by atoms with Gasteiger partial charge >= 0.3 is 6.09 Å². The van der Waals surface area contributed by atoms with Gasteiger partial charge in [-0.3, -0.25) is 4.90 Å². The summed E-state index contributed by atoms with van der Waals surface area (Å²) in [7, 11) is 1.86. The van der Waals surface area contributed by atoms with Crippen molar-refractivity contribution < 1.29 is 13.9 Å². The average Bonchev–Trinajstić information content (AvgIpc) is 2.33. The third kappa shape index (κ3) is 2.74. The van der Waals surface area contributed by atoms with Crippen LogP contribution < -0.4 is 10.2 Å². The molecule has 1 saturated heterocycles. The van der Waals surface area contributed by atoms with Gasteiger partial charge in [-0.1, -0.05) is 0 Å². The van der Waals surface area contributed by atoms with Crippen LogP contribution in [0.3, 0.4) is 0 Å². The molecule has 0 bridgehead atoms. The van der Waals surface area contributed by atoms with Crippen LogP contribution in [0.2, 0.25) is 0 Å². The number of hydrogen-bond acceptors (Lipinski definition) is 3. The topological polar surface area (TPSA) is 41.6 Å². The molecule has 0 saturated carbocycles. The summed E-state index contributed by atoms with van der Waals surface area (Å²) in [6, 6.07) is 5.84. The highest BCUT2D eigenvalue weighted by molar-refractivity contribution is 5.88. The number of benzene rings is 1. The van der Waals surface area contributed by atoms with Crippen LogP contribution >= 0.6 is 0 Å². The van der Waals surface area contributed by atoms with E-state index in [0.717, 1.165) is 6.54 Å². The smallest absolute Gasteiger partial charge is 0.414 e. The molecule has 4 nitrogen and oxygen atoms in total. The third-order valence-corrected chi connectivity index (χ3v) is 2.73. The molecule has 1 atom stereocenters. The number of cyclic esters (lactones) is 1. The van der Waals surface area contributed by atoms with Crippen LogP contribution in [0, 0.1) is 11.7 Å². The van der Waals surface area contributed by atoms with Gasteiger partial charge in [0.2, 0.25) is 0 Å². The van der Waals surface area contributed by atoms with E-state index < -0.39 is 0 Å². The lowest BCUT2D eigenvalue weighted by Gasteiger charge is -2.32. The molecule has 1 fully saturated rings. The zero-order chi connectivity index (χ0) is 12.3. The summed E-state index contributed by atoms with van der Waals surface area (Å²) in [6.07, 6.45) is -0.371. The van der Waals surface area contributed by atoms with Gasteiger partial charge in [-0.15, -0.1) is 0 Å². The number of hydrogen-bond donors (Lipinski definition) is 1. The minimum Gasteiger partial charge on any atom is -0.449 e. The second kappa shape index (κ2) is 5.14. The van der Waals surface area contributed by atoms with Gasteiger partial charge < -0.3 is 10.1 Å². The number of rotatable bonds is 3. The van der Waals surface area contributed by atoms with Crippen molar-refractivity contribution in [1.82, 2.24) is 5.32 Å². The van der Waals surface area contributed by atoms with Crippen molar-refractivity contribution >= 4 is 11.8 Å². The Morgan fingerprint density at radius 2 is 2.18 bits per heavy atom. The molecule has 2 rings (SSSR count). The number of nitrogens with zero attached hydrogens (tertiary/aromatic N) is 1. The summed E-state index contributed by atoms with van der Waals surface area (Å²) in [5, 5.41) is 3.06. The van der Waals surface area contributed by atoms with Crippen LogP contribution in [0.1, 0.15) is 0 Å². The van der Waals surface area contributed by atoms with Gasteiger partial charge in [0.25, 0.3) is 0 Å². The van der Waals surface area contributed by atoms with Crippen molar-refractivity contribution in [3.63, 3.8) is 0 Å². The first kappa shape index (κ1) is 11.9. The molecule has 0 aromatic heterocycles. The first-order valence-corrected chi connectivity index (χ1v) is 5.55. The lowest BCUT2D eigenvalue weighted by Crippen LogP contribution is -2.46. The molecule has 1 aliphatic heterocycles. The highest BCUT2D eigenvalue weighted by Gasteiger charge is 2.27. The number of halogens is 1. The van der Waals surface area contributed by atoms with Gasteiger partial charge in [0.15, 0.2) is 0 Å². The van der Waals surface area contributed by atoms with Gasteiger partial charge in [0.1, 0.15) is 5.82 Å². The largest absolute Gasteiger partial charge is 0.449 e. The van der Waals surface area contributed by atoms with E-state index in [1.165, 1.54) is 17.0 Å². The van der Waals surface area contributed by atoms with E-state index in [-0.39, 0.29) is 17.8 Å². The Balaban J connectivity index is 2.12. The zero-order valence-corrected chi connectivity index (χ0v) is 9.65. The molecule has 92 valence electrons. The highest BCUT2D eigenvalue weighted by Crippen LogP contribution is 2.20. The number of carbonyl (C=O) groups is 1. The standard InChI is InChI=1S/C12H15FN2O2/c1-14-6-9-7-15(12(16)17-8-9)11-4-2-10(13)3-5-11/h2-5,9,14H,6-8H2,1H3. The van der Waals surface area contributed by atoms with Gasteiger partial charge in [-0.25, -0.2) is 9.18 Å². The summed E-state index contributed by atoms with van der Waals surface area (Å²) in [4.78, 5) is 13.2. The minimum atomic E-state index is -0.371. The molecule has 1 aliphatic rings. The van der Waals surface area contributed by atoms with E-state index in [0.29, 0.717) is 18.8 Å². The molecule has 1 amide bonds. The van der Waals surface area contributed by atoms with Crippen LogP contribution in [0.5, 0.6) is 0 Å². The van der Waals surface area contributed by atoms with Crippen LogP contribution in [-0.4, -0.2) is 32.8 Å². The Hall–Kier alpha value is -1.62. The minimum absolute atomic E-state index is 0.253. The Labute approximate surface area is 99.4 Å². The fourth-order valence-corrected chi connectivity index (χ4v) is 1.90. The Morgan fingerprint density at radius 3 is 2.82 bits per heavy atom. The fraction of sp³-hybridized carbons (Fsp3) is 0.417. The number of carbonyl (C=O) groups excluding carboxylic acids is 1. The zero-order valence-electron chi connectivity index (χ0n) is 9.65. The van der Waals surface area contributed by atoms with Crippen LogP contribution in [0.25, 0.3) is 0 Å². The van der Waals surface area contributed by atoms with Crippen molar-refractivity contribution in [3.8, 4) is 0 Å². The summed E-state index contributed by atoms with van der Waals surface area (Å²) in [5.41, 5.74) is 0.664. The van der Waals surface area contributed by atoms with Gasteiger partial charge in [-0.2, -0.15) is 0 Å². The average molecular weight is 238 g/mol. The third-order valence-electron chi connectivity index (χ3n) is 2.73. The Morgan fingerprint density at radius 1 is 1.47 bits per heavy atom. The quantitative estimate of drug-likeness (QED) is 0.870. The predicted octanol–water partition coefficient (Wildman–Crippen LogP) is 1.62. The second-order valence-corrected chi connectivity index (χ2v) is 4.09. The Kier molecular flexibility index (Phi) is 3.58. The van der Waals surface area contributed by atoms with Crippen molar-refractivity contribution in [1.29, 1.82) is 0 Å². The van der Waals surface area contributed by atoms with E-state index in [4.69, 9.17) is 4.74 Å². The van der Waals surface area contributed by atoms with E-state index in [1.807, 2.05) is 7.05 Å². The normalized spacial score (nSPS) is 20.2. The van der Waals surface area contributed by atoms with Crippen molar-refractivity contribution in [2.45, 2.75) is 0 Å².